The van der Waals surface area contributed by atoms with Crippen molar-refractivity contribution in [1.82, 2.24) is 5.48 Å². The van der Waals surface area contributed by atoms with Crippen LogP contribution in [0.2, 0.25) is 10.0 Å². The fourth-order valence-corrected chi connectivity index (χ4v) is 1.99. The number of nitrogens with one attached hydrogen (secondary N) is 1. The van der Waals surface area contributed by atoms with Crippen LogP contribution in [0.5, 0.6) is 0 Å². The highest BCUT2D eigenvalue weighted by molar-refractivity contribution is 6.36. The Bertz CT molecular complexity index is 545. The first-order chi connectivity index (χ1) is 10.1. The van der Waals surface area contributed by atoms with Crippen LogP contribution in [0.15, 0.2) is 17.1 Å². The molecule has 0 atom stereocenters. The van der Waals surface area contributed by atoms with E-state index in [1.54, 1.807) is 19.1 Å². The van der Waals surface area contributed by atoms with Crippen LogP contribution in [0.4, 0.5) is 5.69 Å². The fourth-order valence-electron chi connectivity index (χ4n) is 1.38. The van der Waals surface area contributed by atoms with Gasteiger partial charge in [0, 0.05) is 22.0 Å². The highest BCUT2D eigenvalue weighted by Gasteiger charge is 2.06. The van der Waals surface area contributed by atoms with Crippen LogP contribution in [0, 0.1) is 12.3 Å². The number of nitrogens with zero attached hydrogens (tertiary/aromatic N) is 1. The van der Waals surface area contributed by atoms with Gasteiger partial charge in [-0.2, -0.15) is 0 Å². The monoisotopic (exact) mass is 328 g/mol. The minimum atomic E-state index is -0.469. The molecule has 112 valence electrons. The maximum Gasteiger partial charge on any atom is 0.334 e. The standard InChI is InChI=1S/C14H14Cl2N2O3/c1-3-5-11-12(15)6-10(7-13(11)16)17-9-18-21-8-14(19)20-4-2/h1,6-7,9H,4-5,8H2,2H3,(H,17,18). The predicted octanol–water partition coefficient (Wildman–Crippen LogP) is 2.91. The van der Waals surface area contributed by atoms with Gasteiger partial charge in [-0.1, -0.05) is 23.2 Å². The van der Waals surface area contributed by atoms with E-state index in [2.05, 4.69) is 21.1 Å². The lowest BCUT2D eigenvalue weighted by molar-refractivity contribution is -0.149. The third-order valence-corrected chi connectivity index (χ3v) is 2.92. The molecule has 1 N–H and O–H groups in total. The van der Waals surface area contributed by atoms with Crippen molar-refractivity contribution in [3.05, 3.63) is 27.7 Å². The summed E-state index contributed by atoms with van der Waals surface area (Å²) >= 11 is 12.1. The van der Waals surface area contributed by atoms with Crippen molar-refractivity contribution in [2.24, 2.45) is 4.99 Å². The zero-order valence-electron chi connectivity index (χ0n) is 11.4. The molecule has 5 nitrogen and oxygen atoms in total. The van der Waals surface area contributed by atoms with Gasteiger partial charge in [0.25, 0.3) is 0 Å². The molecule has 0 unspecified atom stereocenters. The minimum Gasteiger partial charge on any atom is -0.464 e. The summed E-state index contributed by atoms with van der Waals surface area (Å²) in [7, 11) is 0. The van der Waals surface area contributed by atoms with Crippen LogP contribution in [-0.2, 0) is 20.8 Å². The lowest BCUT2D eigenvalue weighted by Gasteiger charge is -2.05. The molecule has 1 rings (SSSR count). The molecule has 0 amide bonds. The summed E-state index contributed by atoms with van der Waals surface area (Å²) in [6, 6.07) is 3.26. The number of carbonyl (C=O) groups is 1. The van der Waals surface area contributed by atoms with Crippen molar-refractivity contribution in [2.75, 3.05) is 13.2 Å². The van der Waals surface area contributed by atoms with Crippen molar-refractivity contribution < 1.29 is 14.4 Å². The lowest BCUT2D eigenvalue weighted by atomic mass is 10.1. The summed E-state index contributed by atoms with van der Waals surface area (Å²) in [4.78, 5) is 19.8. The van der Waals surface area contributed by atoms with Gasteiger partial charge in [-0.25, -0.2) is 9.79 Å². The number of hydroxylamine groups is 1. The Morgan fingerprint density at radius 3 is 2.71 bits per heavy atom. The van der Waals surface area contributed by atoms with E-state index in [4.69, 9.17) is 34.5 Å². The van der Waals surface area contributed by atoms with Gasteiger partial charge in [-0.15, -0.1) is 12.3 Å². The van der Waals surface area contributed by atoms with Gasteiger partial charge < -0.3 is 4.74 Å². The lowest BCUT2D eigenvalue weighted by Crippen LogP contribution is -2.20. The van der Waals surface area contributed by atoms with Crippen LogP contribution in [0.3, 0.4) is 0 Å². The van der Waals surface area contributed by atoms with Crippen molar-refractivity contribution in [1.29, 1.82) is 0 Å². The van der Waals surface area contributed by atoms with E-state index in [9.17, 15) is 4.79 Å². The number of ether oxygens (including phenoxy) is 1. The molecular formula is C14H14Cl2N2O3. The van der Waals surface area contributed by atoms with Crippen LogP contribution in [0.25, 0.3) is 0 Å². The first-order valence-corrected chi connectivity index (χ1v) is 6.81. The van der Waals surface area contributed by atoms with Gasteiger partial charge in [0.1, 0.15) is 6.34 Å². The summed E-state index contributed by atoms with van der Waals surface area (Å²) in [5, 5.41) is 0.889. The normalized spacial score (nSPS) is 10.4. The van der Waals surface area contributed by atoms with E-state index in [1.807, 2.05) is 0 Å². The van der Waals surface area contributed by atoms with Gasteiger partial charge in [0.15, 0.2) is 6.61 Å². The number of esters is 1. The van der Waals surface area contributed by atoms with Crippen LogP contribution < -0.4 is 5.48 Å². The molecule has 0 aromatic heterocycles. The zero-order chi connectivity index (χ0) is 15.7. The van der Waals surface area contributed by atoms with Crippen molar-refractivity contribution in [2.45, 2.75) is 13.3 Å². The molecule has 0 heterocycles. The Kier molecular flexibility index (Phi) is 7.62. The van der Waals surface area contributed by atoms with Crippen molar-refractivity contribution in [3.8, 4) is 12.3 Å². The predicted molar refractivity (Wildman–Crippen MR) is 82.9 cm³/mol. The molecule has 7 heteroatoms. The molecule has 21 heavy (non-hydrogen) atoms. The molecule has 0 saturated carbocycles. The molecule has 0 fully saturated rings. The molecular weight excluding hydrogens is 315 g/mol. The first-order valence-electron chi connectivity index (χ1n) is 6.05. The average Bonchev–Trinajstić information content (AvgIpc) is 2.43. The van der Waals surface area contributed by atoms with Gasteiger partial charge in [0.2, 0.25) is 0 Å². The van der Waals surface area contributed by atoms with E-state index in [0.717, 1.165) is 0 Å². The summed E-state index contributed by atoms with van der Waals surface area (Å²) < 4.78 is 4.67. The third kappa shape index (κ3) is 6.05. The van der Waals surface area contributed by atoms with Crippen LogP contribution in [-0.4, -0.2) is 25.5 Å². The van der Waals surface area contributed by atoms with Gasteiger partial charge in [-0.3, -0.25) is 10.3 Å². The molecule has 1 aromatic carbocycles. The van der Waals surface area contributed by atoms with E-state index in [-0.39, 0.29) is 6.61 Å². The van der Waals surface area contributed by atoms with Gasteiger partial charge in [0.05, 0.1) is 12.3 Å². The summed E-state index contributed by atoms with van der Waals surface area (Å²) in [5.41, 5.74) is 3.60. The quantitative estimate of drug-likeness (QED) is 0.209. The zero-order valence-corrected chi connectivity index (χ0v) is 12.9. The summed E-state index contributed by atoms with van der Waals surface area (Å²) in [6.45, 7) is 1.80. The van der Waals surface area contributed by atoms with E-state index >= 15 is 0 Å². The topological polar surface area (TPSA) is 59.9 Å². The second-order valence-electron chi connectivity index (χ2n) is 3.74. The molecule has 0 aliphatic heterocycles. The number of rotatable bonds is 7. The number of terminal acetylenes is 1. The number of benzene rings is 1. The first kappa shape index (κ1) is 17.3. The molecule has 0 aliphatic rings. The maximum absolute atomic E-state index is 11.0. The highest BCUT2D eigenvalue weighted by Crippen LogP contribution is 2.30. The second-order valence-corrected chi connectivity index (χ2v) is 4.55. The highest BCUT2D eigenvalue weighted by atomic mass is 35.5. The minimum absolute atomic E-state index is 0.220. The number of carbonyl (C=O) groups excluding carboxylic acids is 1. The van der Waals surface area contributed by atoms with Gasteiger partial charge >= 0.3 is 5.97 Å². The molecule has 0 saturated heterocycles. The molecule has 0 spiro atoms. The molecule has 1 aromatic rings. The van der Waals surface area contributed by atoms with E-state index in [1.165, 1.54) is 6.34 Å². The number of hydrogen-bond acceptors (Lipinski definition) is 4. The Balaban J connectivity index is 2.54. The largest absolute Gasteiger partial charge is 0.464 e. The molecule has 0 radical (unpaired) electrons. The summed E-state index contributed by atoms with van der Waals surface area (Å²) in [6.07, 6.45) is 6.85. The molecule has 0 bridgehead atoms. The number of hydrogen-bond donors (Lipinski definition) is 1. The molecule has 0 aliphatic carbocycles. The van der Waals surface area contributed by atoms with E-state index in [0.29, 0.717) is 34.3 Å². The Morgan fingerprint density at radius 2 is 2.14 bits per heavy atom. The van der Waals surface area contributed by atoms with Gasteiger partial charge in [-0.05, 0) is 19.1 Å². The van der Waals surface area contributed by atoms with Crippen LogP contribution in [0.1, 0.15) is 12.5 Å². The number of halogens is 2. The average molecular weight is 329 g/mol. The Morgan fingerprint density at radius 1 is 1.48 bits per heavy atom. The summed E-state index contributed by atoms with van der Waals surface area (Å²) in [5.74, 6) is 2.01. The van der Waals surface area contributed by atoms with E-state index < -0.39 is 5.97 Å². The smallest absolute Gasteiger partial charge is 0.334 e. The Hall–Kier alpha value is -1.74. The second kappa shape index (κ2) is 9.24. The van der Waals surface area contributed by atoms with Crippen LogP contribution >= 0.6 is 23.2 Å². The third-order valence-electron chi connectivity index (χ3n) is 2.25. The maximum atomic E-state index is 11.0. The SMILES string of the molecule is C#CCc1c(Cl)cc(N=CNOCC(=O)OCC)cc1Cl. The van der Waals surface area contributed by atoms with Crippen molar-refractivity contribution >= 4 is 41.2 Å². The number of aliphatic imine (C=N–C) groups is 1. The van der Waals surface area contributed by atoms with Crippen molar-refractivity contribution in [3.63, 3.8) is 0 Å². The Labute approximate surface area is 133 Å². The fraction of sp³-hybridized carbons (Fsp3) is 0.286.